The van der Waals surface area contributed by atoms with Gasteiger partial charge in [-0.05, 0) is 32.2 Å². The molecule has 1 aromatic rings. The lowest BCUT2D eigenvalue weighted by molar-refractivity contribution is -0.119. The van der Waals surface area contributed by atoms with Crippen LogP contribution >= 0.6 is 11.8 Å². The molecule has 1 rings (SSSR count). The molecule has 0 bridgehead atoms. The second-order valence-corrected chi connectivity index (χ2v) is 5.29. The maximum absolute atomic E-state index is 11.0. The number of amides is 1. The molecule has 1 aromatic carbocycles. The van der Waals surface area contributed by atoms with E-state index in [0.29, 0.717) is 0 Å². The van der Waals surface area contributed by atoms with Crippen LogP contribution in [0, 0.1) is 0 Å². The van der Waals surface area contributed by atoms with Crippen molar-refractivity contribution in [3.63, 3.8) is 0 Å². The summed E-state index contributed by atoms with van der Waals surface area (Å²) in [6, 6.07) is 7.67. The summed E-state index contributed by atoms with van der Waals surface area (Å²) in [5.41, 5.74) is 7.46. The summed E-state index contributed by atoms with van der Waals surface area (Å²) in [6.45, 7) is 5.47. The van der Waals surface area contributed by atoms with Crippen molar-refractivity contribution in [1.29, 1.82) is 0 Å². The number of nitrogens with zero attached hydrogens (tertiary/aromatic N) is 1. The Bertz CT molecular complexity index is 456. The van der Waals surface area contributed by atoms with Gasteiger partial charge in [-0.15, -0.1) is 11.8 Å². The highest BCUT2D eigenvalue weighted by Crippen LogP contribution is 2.15. The fraction of sp³-hybridized carbons (Fsp3) is 0.429. The SMILES string of the molecule is CS/C(=N\C(C)C(C)NC(C)=O)c1ccc(N)cc1. The Balaban J connectivity index is 2.86. The zero-order valence-electron chi connectivity index (χ0n) is 11.8. The number of aliphatic imine (C=N–C) groups is 1. The van der Waals surface area contributed by atoms with Gasteiger partial charge in [0.15, 0.2) is 0 Å². The van der Waals surface area contributed by atoms with Gasteiger partial charge in [-0.1, -0.05) is 12.1 Å². The summed E-state index contributed by atoms with van der Waals surface area (Å²) in [7, 11) is 0. The lowest BCUT2D eigenvalue weighted by Gasteiger charge is -2.18. The molecule has 19 heavy (non-hydrogen) atoms. The van der Waals surface area contributed by atoms with Crippen LogP contribution in [-0.2, 0) is 4.79 Å². The standard InChI is InChI=1S/C14H21N3OS/c1-9(16-11(3)18)10(2)17-14(19-4)12-5-7-13(15)8-6-12/h5-10H,15H2,1-4H3,(H,16,18)/b17-14-. The number of thioether (sulfide) groups is 1. The lowest BCUT2D eigenvalue weighted by atomic mass is 10.1. The molecular formula is C14H21N3OS. The third-order valence-electron chi connectivity index (χ3n) is 2.83. The molecule has 5 heteroatoms. The molecule has 0 aromatic heterocycles. The summed E-state index contributed by atoms with van der Waals surface area (Å²) < 4.78 is 0. The van der Waals surface area contributed by atoms with Gasteiger partial charge >= 0.3 is 0 Å². The number of nitrogen functional groups attached to an aromatic ring is 1. The van der Waals surface area contributed by atoms with Gasteiger partial charge in [0.25, 0.3) is 0 Å². The van der Waals surface area contributed by atoms with Crippen molar-refractivity contribution in [2.45, 2.75) is 32.9 Å². The molecule has 104 valence electrons. The van der Waals surface area contributed by atoms with Crippen molar-refractivity contribution in [3.05, 3.63) is 29.8 Å². The van der Waals surface area contributed by atoms with Gasteiger partial charge in [0.2, 0.25) is 5.91 Å². The van der Waals surface area contributed by atoms with E-state index in [4.69, 9.17) is 5.73 Å². The van der Waals surface area contributed by atoms with E-state index in [-0.39, 0.29) is 18.0 Å². The molecule has 2 atom stereocenters. The number of hydrogen-bond acceptors (Lipinski definition) is 4. The number of nitrogens with two attached hydrogens (primary N) is 1. The average molecular weight is 279 g/mol. The smallest absolute Gasteiger partial charge is 0.217 e. The highest BCUT2D eigenvalue weighted by Gasteiger charge is 2.13. The van der Waals surface area contributed by atoms with Crippen molar-refractivity contribution in [3.8, 4) is 0 Å². The van der Waals surface area contributed by atoms with E-state index < -0.39 is 0 Å². The zero-order chi connectivity index (χ0) is 14.4. The maximum Gasteiger partial charge on any atom is 0.217 e. The van der Waals surface area contributed by atoms with Crippen molar-refractivity contribution < 1.29 is 4.79 Å². The van der Waals surface area contributed by atoms with Crippen molar-refractivity contribution >= 4 is 28.4 Å². The van der Waals surface area contributed by atoms with Crippen LogP contribution < -0.4 is 11.1 Å². The summed E-state index contributed by atoms with van der Waals surface area (Å²) in [5.74, 6) is -0.0345. The van der Waals surface area contributed by atoms with Gasteiger partial charge < -0.3 is 11.1 Å². The first-order valence-corrected chi connectivity index (χ1v) is 7.41. The van der Waals surface area contributed by atoms with E-state index in [0.717, 1.165) is 16.3 Å². The first-order chi connectivity index (χ1) is 8.93. The summed E-state index contributed by atoms with van der Waals surface area (Å²) in [4.78, 5) is 15.7. The monoisotopic (exact) mass is 279 g/mol. The van der Waals surface area contributed by atoms with E-state index >= 15 is 0 Å². The second-order valence-electron chi connectivity index (χ2n) is 4.49. The predicted molar refractivity (Wildman–Crippen MR) is 83.6 cm³/mol. The van der Waals surface area contributed by atoms with E-state index in [1.165, 1.54) is 6.92 Å². The van der Waals surface area contributed by atoms with E-state index in [1.807, 2.05) is 44.4 Å². The Hall–Kier alpha value is -1.49. The Morgan fingerprint density at radius 3 is 2.37 bits per heavy atom. The van der Waals surface area contributed by atoms with Gasteiger partial charge in [-0.25, -0.2) is 0 Å². The number of benzene rings is 1. The molecule has 0 aliphatic heterocycles. The molecule has 3 N–H and O–H groups in total. The quantitative estimate of drug-likeness (QED) is 0.505. The molecule has 4 nitrogen and oxygen atoms in total. The number of nitrogens with one attached hydrogen (secondary N) is 1. The minimum Gasteiger partial charge on any atom is -0.399 e. The molecule has 1 amide bonds. The van der Waals surface area contributed by atoms with Crippen LogP contribution in [-0.4, -0.2) is 29.3 Å². The summed E-state index contributed by atoms with van der Waals surface area (Å²) >= 11 is 1.59. The van der Waals surface area contributed by atoms with E-state index in [9.17, 15) is 4.79 Å². The molecular weight excluding hydrogens is 258 g/mol. The van der Waals surface area contributed by atoms with Crippen LogP contribution in [0.25, 0.3) is 0 Å². The minimum absolute atomic E-state index is 0.00781. The third-order valence-corrected chi connectivity index (χ3v) is 3.55. The van der Waals surface area contributed by atoms with Gasteiger partial charge in [0, 0.05) is 24.2 Å². The Morgan fingerprint density at radius 2 is 1.89 bits per heavy atom. The molecule has 2 unspecified atom stereocenters. The van der Waals surface area contributed by atoms with Crippen LogP contribution in [0.3, 0.4) is 0 Å². The Labute approximate surface area is 118 Å². The largest absolute Gasteiger partial charge is 0.399 e. The molecule has 0 fully saturated rings. The van der Waals surface area contributed by atoms with Crippen LogP contribution in [0.1, 0.15) is 26.3 Å². The molecule has 0 saturated heterocycles. The molecule has 0 aliphatic carbocycles. The van der Waals surface area contributed by atoms with E-state index in [2.05, 4.69) is 10.3 Å². The highest BCUT2D eigenvalue weighted by molar-refractivity contribution is 8.13. The maximum atomic E-state index is 11.0. The fourth-order valence-corrected chi connectivity index (χ4v) is 2.25. The van der Waals surface area contributed by atoms with Crippen LogP contribution in [0.2, 0.25) is 0 Å². The third kappa shape index (κ3) is 4.95. The molecule has 0 radical (unpaired) electrons. The Morgan fingerprint density at radius 1 is 1.32 bits per heavy atom. The molecule has 0 heterocycles. The van der Waals surface area contributed by atoms with Gasteiger partial charge in [0.05, 0.1) is 11.1 Å². The topological polar surface area (TPSA) is 67.5 Å². The lowest BCUT2D eigenvalue weighted by Crippen LogP contribution is -2.38. The predicted octanol–water partition coefficient (Wildman–Crippen LogP) is 2.29. The van der Waals surface area contributed by atoms with Crippen molar-refractivity contribution in [1.82, 2.24) is 5.32 Å². The van der Waals surface area contributed by atoms with Crippen LogP contribution in [0.4, 0.5) is 5.69 Å². The summed E-state index contributed by atoms with van der Waals surface area (Å²) in [5, 5.41) is 3.81. The molecule has 0 spiro atoms. The number of hydrogen-bond donors (Lipinski definition) is 2. The van der Waals surface area contributed by atoms with E-state index in [1.54, 1.807) is 11.8 Å². The second kappa shape index (κ2) is 7.19. The molecule has 0 aliphatic rings. The normalized spacial score (nSPS) is 14.8. The average Bonchev–Trinajstić information content (AvgIpc) is 2.36. The fourth-order valence-electron chi connectivity index (χ4n) is 1.61. The van der Waals surface area contributed by atoms with Crippen molar-refractivity contribution in [2.24, 2.45) is 4.99 Å². The first kappa shape index (κ1) is 15.6. The van der Waals surface area contributed by atoms with Gasteiger partial charge in [-0.2, -0.15) is 0 Å². The zero-order valence-corrected chi connectivity index (χ0v) is 12.6. The minimum atomic E-state index is -0.0345. The molecule has 0 saturated carbocycles. The van der Waals surface area contributed by atoms with Gasteiger partial charge in [-0.3, -0.25) is 9.79 Å². The number of carbonyl (C=O) groups excluding carboxylic acids is 1. The highest BCUT2D eigenvalue weighted by atomic mass is 32.2. The van der Waals surface area contributed by atoms with Gasteiger partial charge in [0.1, 0.15) is 0 Å². The van der Waals surface area contributed by atoms with Crippen LogP contribution in [0.15, 0.2) is 29.3 Å². The van der Waals surface area contributed by atoms with Crippen LogP contribution in [0.5, 0.6) is 0 Å². The first-order valence-electron chi connectivity index (χ1n) is 6.19. The Kier molecular flexibility index (Phi) is 5.89. The summed E-state index contributed by atoms with van der Waals surface area (Å²) in [6.07, 6.45) is 1.99. The number of rotatable bonds is 4. The number of carbonyl (C=O) groups is 1. The van der Waals surface area contributed by atoms with Crippen molar-refractivity contribution in [2.75, 3.05) is 12.0 Å². The number of anilines is 1.